The van der Waals surface area contributed by atoms with E-state index in [-0.39, 0.29) is 23.7 Å². The molecule has 0 aliphatic carbocycles. The average Bonchev–Trinajstić information content (AvgIpc) is 3.28. The predicted molar refractivity (Wildman–Crippen MR) is 116 cm³/mol. The number of nitrogens with one attached hydrogen (secondary N) is 1. The van der Waals surface area contributed by atoms with E-state index in [1.165, 1.54) is 0 Å². The molecule has 1 amide bonds. The van der Waals surface area contributed by atoms with Crippen LogP contribution in [0.4, 0.5) is 0 Å². The normalized spacial score (nSPS) is 12.2. The number of fused-ring (bicyclic) bond motifs is 2. The van der Waals surface area contributed by atoms with Gasteiger partial charge in [0.25, 0.3) is 5.91 Å². The maximum atomic E-state index is 13.0. The molecule has 5 rings (SSSR count). The van der Waals surface area contributed by atoms with Crippen LogP contribution in [0.2, 0.25) is 0 Å². The molecule has 1 aliphatic heterocycles. The summed E-state index contributed by atoms with van der Waals surface area (Å²) in [7, 11) is 0. The lowest BCUT2D eigenvalue weighted by Gasteiger charge is -2.11. The highest BCUT2D eigenvalue weighted by Gasteiger charge is 2.19. The fourth-order valence-electron chi connectivity index (χ4n) is 3.68. The van der Waals surface area contributed by atoms with E-state index in [2.05, 4.69) is 5.32 Å². The third kappa shape index (κ3) is 3.42. The second-order valence-corrected chi connectivity index (χ2v) is 7.30. The van der Waals surface area contributed by atoms with Gasteiger partial charge in [0, 0.05) is 17.7 Å². The standard InChI is InChI=1S/C25H19NO5/c1-15-22(27)18-8-5-9-19(24(18)31-23(15)17-6-3-2-4-7-17)25(28)26-13-16-10-11-20-21(12-16)30-14-29-20/h2-12H,13-14H2,1H3,(H,26,28). The van der Waals surface area contributed by atoms with Crippen LogP contribution in [0.25, 0.3) is 22.3 Å². The van der Waals surface area contributed by atoms with Gasteiger partial charge in [-0.3, -0.25) is 9.59 Å². The molecule has 1 aromatic heterocycles. The molecular weight excluding hydrogens is 394 g/mol. The molecule has 0 saturated heterocycles. The number of rotatable bonds is 4. The van der Waals surface area contributed by atoms with Crippen LogP contribution >= 0.6 is 0 Å². The van der Waals surface area contributed by atoms with E-state index in [1.54, 1.807) is 25.1 Å². The van der Waals surface area contributed by atoms with Crippen molar-refractivity contribution in [1.82, 2.24) is 5.32 Å². The lowest BCUT2D eigenvalue weighted by Crippen LogP contribution is -2.23. The van der Waals surface area contributed by atoms with Crippen LogP contribution in [-0.4, -0.2) is 12.7 Å². The molecule has 0 saturated carbocycles. The number of para-hydroxylation sites is 1. The lowest BCUT2D eigenvalue weighted by molar-refractivity contribution is 0.0951. The fraction of sp³-hybridized carbons (Fsp3) is 0.120. The van der Waals surface area contributed by atoms with Gasteiger partial charge in [0.15, 0.2) is 22.5 Å². The minimum atomic E-state index is -0.325. The fourth-order valence-corrected chi connectivity index (χ4v) is 3.68. The van der Waals surface area contributed by atoms with Crippen molar-refractivity contribution < 1.29 is 18.7 Å². The first kappa shape index (κ1) is 18.9. The van der Waals surface area contributed by atoms with E-state index in [9.17, 15) is 9.59 Å². The molecule has 0 atom stereocenters. The highest BCUT2D eigenvalue weighted by Crippen LogP contribution is 2.32. The SMILES string of the molecule is Cc1c(-c2ccccc2)oc2c(C(=O)NCc3ccc4c(c3)OCO4)cccc2c1=O. The molecule has 0 radical (unpaired) electrons. The number of amides is 1. The zero-order valence-electron chi connectivity index (χ0n) is 16.8. The Balaban J connectivity index is 1.50. The molecule has 0 bridgehead atoms. The number of hydrogen-bond acceptors (Lipinski definition) is 5. The second-order valence-electron chi connectivity index (χ2n) is 7.30. The number of ether oxygens (including phenoxy) is 2. The number of benzene rings is 3. The maximum Gasteiger partial charge on any atom is 0.255 e. The van der Waals surface area contributed by atoms with Gasteiger partial charge in [-0.1, -0.05) is 42.5 Å². The molecule has 154 valence electrons. The Labute approximate surface area is 178 Å². The summed E-state index contributed by atoms with van der Waals surface area (Å²) in [6, 6.07) is 19.9. The van der Waals surface area contributed by atoms with Gasteiger partial charge in [-0.15, -0.1) is 0 Å². The summed E-state index contributed by atoms with van der Waals surface area (Å²) in [6.45, 7) is 2.23. The molecular formula is C25H19NO5. The average molecular weight is 413 g/mol. The van der Waals surface area contributed by atoms with E-state index in [1.807, 2.05) is 48.5 Å². The van der Waals surface area contributed by atoms with Gasteiger partial charge in [-0.25, -0.2) is 0 Å². The first-order valence-electron chi connectivity index (χ1n) is 9.90. The van der Waals surface area contributed by atoms with E-state index < -0.39 is 0 Å². The Morgan fingerprint density at radius 3 is 2.61 bits per heavy atom. The van der Waals surface area contributed by atoms with Crippen molar-refractivity contribution in [3.05, 3.63) is 93.6 Å². The zero-order chi connectivity index (χ0) is 21.4. The van der Waals surface area contributed by atoms with Crippen LogP contribution in [0.15, 0.2) is 75.9 Å². The van der Waals surface area contributed by atoms with Gasteiger partial charge < -0.3 is 19.2 Å². The van der Waals surface area contributed by atoms with Crippen molar-refractivity contribution in [3.63, 3.8) is 0 Å². The van der Waals surface area contributed by atoms with Crippen molar-refractivity contribution in [1.29, 1.82) is 0 Å². The maximum absolute atomic E-state index is 13.0. The third-order valence-electron chi connectivity index (χ3n) is 5.32. The Morgan fingerprint density at radius 1 is 0.968 bits per heavy atom. The first-order chi connectivity index (χ1) is 15.1. The molecule has 1 aliphatic rings. The van der Waals surface area contributed by atoms with Crippen LogP contribution in [0.3, 0.4) is 0 Å². The smallest absolute Gasteiger partial charge is 0.255 e. The monoisotopic (exact) mass is 413 g/mol. The molecule has 6 heteroatoms. The molecule has 6 nitrogen and oxygen atoms in total. The number of hydrogen-bond donors (Lipinski definition) is 1. The van der Waals surface area contributed by atoms with Crippen LogP contribution in [0.1, 0.15) is 21.5 Å². The Morgan fingerprint density at radius 2 is 1.77 bits per heavy atom. The van der Waals surface area contributed by atoms with Gasteiger partial charge in [-0.2, -0.15) is 0 Å². The minimum Gasteiger partial charge on any atom is -0.455 e. The van der Waals surface area contributed by atoms with Crippen LogP contribution in [-0.2, 0) is 6.54 Å². The van der Waals surface area contributed by atoms with Crippen molar-refractivity contribution in [2.45, 2.75) is 13.5 Å². The van der Waals surface area contributed by atoms with Crippen LogP contribution < -0.4 is 20.2 Å². The molecule has 3 aromatic carbocycles. The minimum absolute atomic E-state index is 0.148. The summed E-state index contributed by atoms with van der Waals surface area (Å²) >= 11 is 0. The molecule has 0 fully saturated rings. The van der Waals surface area contributed by atoms with Crippen LogP contribution in [0, 0.1) is 6.92 Å². The van der Waals surface area contributed by atoms with Gasteiger partial charge in [0.1, 0.15) is 5.76 Å². The van der Waals surface area contributed by atoms with Crippen molar-refractivity contribution in [3.8, 4) is 22.8 Å². The summed E-state index contributed by atoms with van der Waals surface area (Å²) in [4.78, 5) is 25.9. The van der Waals surface area contributed by atoms with E-state index in [0.717, 1.165) is 11.1 Å². The second kappa shape index (κ2) is 7.65. The third-order valence-corrected chi connectivity index (χ3v) is 5.32. The largest absolute Gasteiger partial charge is 0.455 e. The van der Waals surface area contributed by atoms with Crippen molar-refractivity contribution >= 4 is 16.9 Å². The van der Waals surface area contributed by atoms with Gasteiger partial charge in [0.05, 0.1) is 10.9 Å². The van der Waals surface area contributed by atoms with Crippen molar-refractivity contribution in [2.24, 2.45) is 0 Å². The Bertz CT molecular complexity index is 1360. The first-order valence-corrected chi connectivity index (χ1v) is 9.90. The van der Waals surface area contributed by atoms with Gasteiger partial charge >= 0.3 is 0 Å². The molecule has 2 heterocycles. The van der Waals surface area contributed by atoms with Crippen LogP contribution in [0.5, 0.6) is 11.5 Å². The van der Waals surface area contributed by atoms with Gasteiger partial charge in [0.2, 0.25) is 6.79 Å². The molecule has 1 N–H and O–H groups in total. The summed E-state index contributed by atoms with van der Waals surface area (Å²) in [6.07, 6.45) is 0. The van der Waals surface area contributed by atoms with Gasteiger partial charge in [-0.05, 0) is 36.8 Å². The number of carbonyl (C=O) groups excluding carboxylic acids is 1. The Kier molecular flexibility index (Phi) is 4.67. The summed E-state index contributed by atoms with van der Waals surface area (Å²) in [5, 5.41) is 3.28. The van der Waals surface area contributed by atoms with Crippen molar-refractivity contribution in [2.75, 3.05) is 6.79 Å². The summed E-state index contributed by atoms with van der Waals surface area (Å²) in [5.41, 5.74) is 2.62. The molecule has 0 unspecified atom stereocenters. The quantitative estimate of drug-likeness (QED) is 0.536. The van der Waals surface area contributed by atoms with E-state index >= 15 is 0 Å². The highest BCUT2D eigenvalue weighted by molar-refractivity contribution is 6.05. The molecule has 4 aromatic rings. The summed E-state index contributed by atoms with van der Waals surface area (Å²) in [5.74, 6) is 1.49. The number of carbonyl (C=O) groups is 1. The predicted octanol–water partition coefficient (Wildman–Crippen LogP) is 4.43. The topological polar surface area (TPSA) is 77.8 Å². The highest BCUT2D eigenvalue weighted by atomic mass is 16.7. The molecule has 0 spiro atoms. The summed E-state index contributed by atoms with van der Waals surface area (Å²) < 4.78 is 16.8. The van der Waals surface area contributed by atoms with E-state index in [4.69, 9.17) is 13.9 Å². The molecule has 31 heavy (non-hydrogen) atoms. The van der Waals surface area contributed by atoms with E-state index in [0.29, 0.717) is 40.3 Å². The lowest BCUT2D eigenvalue weighted by atomic mass is 10.0. The Hall–Kier alpha value is -4.06. The zero-order valence-corrected chi connectivity index (χ0v) is 16.8.